The van der Waals surface area contributed by atoms with Gasteiger partial charge in [0.15, 0.2) is 0 Å². The van der Waals surface area contributed by atoms with Crippen LogP contribution in [0.15, 0.2) is 188 Å². The Balaban J connectivity index is 1.13. The predicted molar refractivity (Wildman–Crippen MR) is 210 cm³/mol. The SMILES string of the molecule is N=C(/C=C(\NCc1cccc(-c2c3ccccc3c(-c3ccccc3)c3ccccc23)c1)c1cccnc1)c1ccc(-c2ccccc2)cc1. The van der Waals surface area contributed by atoms with Crippen molar-refractivity contribution < 1.29 is 0 Å². The third kappa shape index (κ3) is 6.21. The number of hydrogen-bond donors (Lipinski definition) is 2. The molecule has 0 saturated heterocycles. The summed E-state index contributed by atoms with van der Waals surface area (Å²) in [5.41, 5.74) is 11.4. The number of fused-ring (bicyclic) bond motifs is 2. The van der Waals surface area contributed by atoms with E-state index in [2.05, 4.69) is 138 Å². The molecule has 0 bridgehead atoms. The zero-order chi connectivity index (χ0) is 33.7. The number of allylic oxidation sites excluding steroid dienone is 1. The van der Waals surface area contributed by atoms with Crippen LogP contribution in [0.3, 0.4) is 0 Å². The minimum Gasteiger partial charge on any atom is -0.380 e. The van der Waals surface area contributed by atoms with E-state index in [1.54, 1.807) is 6.20 Å². The molecule has 0 aliphatic rings. The molecule has 8 aromatic rings. The van der Waals surface area contributed by atoms with Crippen molar-refractivity contribution in [2.45, 2.75) is 6.54 Å². The Hall–Kier alpha value is -6.58. The van der Waals surface area contributed by atoms with Crippen LogP contribution >= 0.6 is 0 Å². The van der Waals surface area contributed by atoms with Crippen LogP contribution in [0, 0.1) is 5.41 Å². The van der Waals surface area contributed by atoms with Crippen LogP contribution in [0.4, 0.5) is 0 Å². The normalized spacial score (nSPS) is 11.5. The van der Waals surface area contributed by atoms with Crippen molar-refractivity contribution in [3.05, 3.63) is 205 Å². The topological polar surface area (TPSA) is 48.8 Å². The minimum atomic E-state index is 0.432. The van der Waals surface area contributed by atoms with Crippen molar-refractivity contribution in [1.29, 1.82) is 5.41 Å². The molecule has 0 atom stereocenters. The van der Waals surface area contributed by atoms with Crippen molar-refractivity contribution in [3.63, 3.8) is 0 Å². The number of benzene rings is 7. The highest BCUT2D eigenvalue weighted by atomic mass is 14.9. The van der Waals surface area contributed by atoms with E-state index in [-0.39, 0.29) is 0 Å². The van der Waals surface area contributed by atoms with E-state index >= 15 is 0 Å². The zero-order valence-corrected chi connectivity index (χ0v) is 27.6. The van der Waals surface area contributed by atoms with Gasteiger partial charge in [-0.2, -0.15) is 0 Å². The van der Waals surface area contributed by atoms with E-state index in [9.17, 15) is 0 Å². The highest BCUT2D eigenvalue weighted by molar-refractivity contribution is 6.21. The van der Waals surface area contributed by atoms with Crippen LogP contribution in [0.2, 0.25) is 0 Å². The summed E-state index contributed by atoms with van der Waals surface area (Å²) in [6.07, 6.45) is 5.52. The van der Waals surface area contributed by atoms with Gasteiger partial charge in [0.2, 0.25) is 0 Å². The van der Waals surface area contributed by atoms with E-state index in [1.807, 2.05) is 54.7 Å². The predicted octanol–water partition coefficient (Wildman–Crippen LogP) is 11.6. The lowest BCUT2D eigenvalue weighted by molar-refractivity contribution is 0.889. The van der Waals surface area contributed by atoms with E-state index in [0.29, 0.717) is 12.3 Å². The molecule has 238 valence electrons. The maximum absolute atomic E-state index is 9.01. The Kier molecular flexibility index (Phi) is 8.53. The summed E-state index contributed by atoms with van der Waals surface area (Å²) < 4.78 is 0. The molecule has 0 aliphatic carbocycles. The van der Waals surface area contributed by atoms with Crippen molar-refractivity contribution in [2.24, 2.45) is 0 Å². The molecule has 7 aromatic carbocycles. The van der Waals surface area contributed by atoms with Crippen LogP contribution in [0.5, 0.6) is 0 Å². The number of pyridine rings is 1. The quantitative estimate of drug-likeness (QED) is 0.122. The van der Waals surface area contributed by atoms with E-state index < -0.39 is 0 Å². The van der Waals surface area contributed by atoms with Gasteiger partial charge in [0.1, 0.15) is 0 Å². The number of nitrogens with zero attached hydrogens (tertiary/aromatic N) is 1. The molecule has 3 heteroatoms. The van der Waals surface area contributed by atoms with Crippen molar-refractivity contribution in [2.75, 3.05) is 0 Å². The monoisotopic (exact) mass is 641 g/mol. The van der Waals surface area contributed by atoms with Crippen molar-refractivity contribution in [3.8, 4) is 33.4 Å². The van der Waals surface area contributed by atoms with Crippen LogP contribution in [0.25, 0.3) is 60.6 Å². The molecule has 0 radical (unpaired) electrons. The molecular weight excluding hydrogens is 607 g/mol. The first kappa shape index (κ1) is 30.7. The first-order valence-electron chi connectivity index (χ1n) is 16.9. The zero-order valence-electron chi connectivity index (χ0n) is 27.6. The summed E-state index contributed by atoms with van der Waals surface area (Å²) >= 11 is 0. The second-order valence-corrected chi connectivity index (χ2v) is 12.4. The fourth-order valence-electron chi connectivity index (χ4n) is 6.85. The van der Waals surface area contributed by atoms with Gasteiger partial charge >= 0.3 is 0 Å². The molecule has 0 spiro atoms. The van der Waals surface area contributed by atoms with Gasteiger partial charge in [-0.15, -0.1) is 0 Å². The van der Waals surface area contributed by atoms with Crippen LogP contribution in [-0.4, -0.2) is 10.7 Å². The fraction of sp³-hybridized carbons (Fsp3) is 0.0213. The summed E-state index contributed by atoms with van der Waals surface area (Å²) in [6, 6.07) is 59.5. The van der Waals surface area contributed by atoms with Crippen LogP contribution in [-0.2, 0) is 6.54 Å². The second-order valence-electron chi connectivity index (χ2n) is 12.4. The molecule has 1 heterocycles. The summed E-state index contributed by atoms with van der Waals surface area (Å²) in [4.78, 5) is 4.38. The molecule has 0 saturated carbocycles. The molecular formula is C47H35N3. The van der Waals surface area contributed by atoms with Gasteiger partial charge in [-0.25, -0.2) is 0 Å². The van der Waals surface area contributed by atoms with Gasteiger partial charge in [-0.05, 0) is 90.3 Å². The molecule has 8 rings (SSSR count). The van der Waals surface area contributed by atoms with Gasteiger partial charge in [-0.1, -0.05) is 152 Å². The third-order valence-corrected chi connectivity index (χ3v) is 9.26. The number of hydrogen-bond acceptors (Lipinski definition) is 3. The number of nitrogens with one attached hydrogen (secondary N) is 2. The Labute approximate surface area is 292 Å². The van der Waals surface area contributed by atoms with Gasteiger partial charge in [-0.3, -0.25) is 4.98 Å². The van der Waals surface area contributed by atoms with E-state index in [1.165, 1.54) is 43.8 Å². The molecule has 50 heavy (non-hydrogen) atoms. The average molecular weight is 642 g/mol. The minimum absolute atomic E-state index is 0.432. The lowest BCUT2D eigenvalue weighted by Crippen LogP contribution is -2.14. The standard InChI is InChI=1S/C47H35N3/c48-44(36-26-24-35(25-27-36)34-14-3-1-4-15-34)30-45(39-19-12-28-49-32-39)50-31-33-13-11-18-38(29-33)47-42-22-9-7-20-40(42)46(37-16-5-2-6-17-37)41-21-8-10-23-43(41)47/h1-30,32,48,50H,31H2/b45-30-,48-44?. The highest BCUT2D eigenvalue weighted by Crippen LogP contribution is 2.43. The first-order valence-corrected chi connectivity index (χ1v) is 16.9. The summed E-state index contributed by atoms with van der Waals surface area (Å²) in [5, 5.41) is 17.6. The number of rotatable bonds is 9. The summed E-state index contributed by atoms with van der Waals surface area (Å²) in [6.45, 7) is 0.590. The largest absolute Gasteiger partial charge is 0.380 e. The van der Waals surface area contributed by atoms with Gasteiger partial charge in [0, 0.05) is 30.2 Å². The Morgan fingerprint density at radius 3 is 1.64 bits per heavy atom. The van der Waals surface area contributed by atoms with E-state index in [4.69, 9.17) is 5.41 Å². The Bertz CT molecular complexity index is 2410. The number of aromatic nitrogens is 1. The first-order chi connectivity index (χ1) is 24.7. The smallest absolute Gasteiger partial charge is 0.0632 e. The molecule has 0 fully saturated rings. The summed E-state index contributed by atoms with van der Waals surface area (Å²) in [5.74, 6) is 0. The lowest BCUT2D eigenvalue weighted by atomic mass is 9.86. The molecule has 0 amide bonds. The second kappa shape index (κ2) is 13.9. The lowest BCUT2D eigenvalue weighted by Gasteiger charge is -2.18. The third-order valence-electron chi connectivity index (χ3n) is 9.26. The van der Waals surface area contributed by atoms with Crippen molar-refractivity contribution in [1.82, 2.24) is 10.3 Å². The average Bonchev–Trinajstić information content (AvgIpc) is 3.19. The van der Waals surface area contributed by atoms with Gasteiger partial charge in [0.25, 0.3) is 0 Å². The van der Waals surface area contributed by atoms with Gasteiger partial charge in [0.05, 0.1) is 5.71 Å². The van der Waals surface area contributed by atoms with Crippen molar-refractivity contribution >= 4 is 33.0 Å². The molecule has 1 aromatic heterocycles. The Morgan fingerprint density at radius 2 is 1.04 bits per heavy atom. The molecule has 3 nitrogen and oxygen atoms in total. The maximum Gasteiger partial charge on any atom is 0.0632 e. The molecule has 2 N–H and O–H groups in total. The fourth-order valence-corrected chi connectivity index (χ4v) is 6.85. The molecule has 0 unspecified atom stereocenters. The van der Waals surface area contributed by atoms with E-state index in [0.717, 1.165) is 33.5 Å². The van der Waals surface area contributed by atoms with Crippen LogP contribution in [0.1, 0.15) is 16.7 Å². The Morgan fingerprint density at radius 1 is 0.500 bits per heavy atom. The van der Waals surface area contributed by atoms with Gasteiger partial charge < -0.3 is 10.7 Å². The molecule has 0 aliphatic heterocycles. The maximum atomic E-state index is 9.01. The highest BCUT2D eigenvalue weighted by Gasteiger charge is 2.16. The summed E-state index contributed by atoms with van der Waals surface area (Å²) in [7, 11) is 0. The van der Waals surface area contributed by atoms with Crippen LogP contribution < -0.4 is 5.32 Å².